The van der Waals surface area contributed by atoms with Crippen LogP contribution in [0.1, 0.15) is 65.2 Å². The quantitative estimate of drug-likeness (QED) is 0.161. The Labute approximate surface area is 171 Å². The van der Waals surface area contributed by atoms with Crippen LogP contribution in [0.4, 0.5) is 0 Å². The van der Waals surface area contributed by atoms with Gasteiger partial charge in [-0.05, 0) is 12.3 Å². The fourth-order valence-corrected chi connectivity index (χ4v) is 4.36. The van der Waals surface area contributed by atoms with Crippen LogP contribution in [-0.4, -0.2) is 90.6 Å². The number of hydrogen-bond donors (Lipinski definition) is 7. The van der Waals surface area contributed by atoms with Gasteiger partial charge in [-0.3, -0.25) is 0 Å². The van der Waals surface area contributed by atoms with Crippen molar-refractivity contribution in [3.05, 3.63) is 0 Å². The largest absolute Gasteiger partial charge is 0.394 e. The highest BCUT2D eigenvalue weighted by Gasteiger charge is 2.88. The Balaban J connectivity index is 1.94. The Bertz CT molecular complexity index is 516. The lowest BCUT2D eigenvalue weighted by atomic mass is 9.59. The molecule has 1 saturated carbocycles. The SMILES string of the molecule is CCCCCCCCCC(C)CO[C@]12O[C@H](CO)[C@H](O)[C@H](O)[C@]1(O)C(O)C2(O)O. The third-order valence-electron chi connectivity index (χ3n) is 6.33. The van der Waals surface area contributed by atoms with Gasteiger partial charge in [0.2, 0.25) is 0 Å². The molecule has 9 heteroatoms. The normalized spacial score (nSPS) is 39.6. The maximum absolute atomic E-state index is 10.8. The lowest BCUT2D eigenvalue weighted by Gasteiger charge is -2.68. The molecule has 1 heterocycles. The van der Waals surface area contributed by atoms with E-state index in [1.807, 2.05) is 6.92 Å². The molecule has 2 fully saturated rings. The molecule has 1 aliphatic carbocycles. The zero-order valence-corrected chi connectivity index (χ0v) is 17.4. The van der Waals surface area contributed by atoms with Crippen molar-refractivity contribution in [1.82, 2.24) is 0 Å². The first-order valence-corrected chi connectivity index (χ1v) is 10.7. The van der Waals surface area contributed by atoms with Gasteiger partial charge in [-0.2, -0.15) is 0 Å². The van der Waals surface area contributed by atoms with Crippen LogP contribution in [-0.2, 0) is 9.47 Å². The van der Waals surface area contributed by atoms with Crippen molar-refractivity contribution in [2.24, 2.45) is 5.92 Å². The summed E-state index contributed by atoms with van der Waals surface area (Å²) in [4.78, 5) is 0. The molecule has 0 amide bonds. The van der Waals surface area contributed by atoms with Gasteiger partial charge in [-0.1, -0.05) is 58.8 Å². The Morgan fingerprint density at radius 3 is 2.14 bits per heavy atom. The smallest absolute Gasteiger partial charge is 0.262 e. The van der Waals surface area contributed by atoms with Gasteiger partial charge in [-0.15, -0.1) is 0 Å². The van der Waals surface area contributed by atoms with Crippen molar-refractivity contribution in [1.29, 1.82) is 0 Å². The molecule has 7 N–H and O–H groups in total. The number of fused-ring (bicyclic) bond motifs is 1. The lowest BCUT2D eigenvalue weighted by Crippen LogP contribution is -2.96. The zero-order valence-electron chi connectivity index (χ0n) is 17.4. The van der Waals surface area contributed by atoms with Gasteiger partial charge in [0, 0.05) is 0 Å². The number of ether oxygens (including phenoxy) is 2. The lowest BCUT2D eigenvalue weighted by molar-refractivity contribution is -0.570. The van der Waals surface area contributed by atoms with Gasteiger partial charge >= 0.3 is 0 Å². The number of aliphatic hydroxyl groups excluding tert-OH is 4. The minimum Gasteiger partial charge on any atom is -0.394 e. The van der Waals surface area contributed by atoms with E-state index in [4.69, 9.17) is 9.47 Å². The molecule has 7 atom stereocenters. The average molecular weight is 423 g/mol. The van der Waals surface area contributed by atoms with Crippen molar-refractivity contribution in [2.45, 2.75) is 107 Å². The van der Waals surface area contributed by atoms with E-state index in [0.717, 1.165) is 25.7 Å². The summed E-state index contributed by atoms with van der Waals surface area (Å²) in [6.07, 6.45) is 1.54. The summed E-state index contributed by atoms with van der Waals surface area (Å²) in [5.74, 6) is -5.62. The molecule has 172 valence electrons. The summed E-state index contributed by atoms with van der Waals surface area (Å²) in [6, 6.07) is 0. The van der Waals surface area contributed by atoms with Gasteiger partial charge in [0.05, 0.1) is 13.2 Å². The minimum absolute atomic E-state index is 0.0158. The molecule has 0 radical (unpaired) electrons. The van der Waals surface area contributed by atoms with Crippen LogP contribution in [0.3, 0.4) is 0 Å². The van der Waals surface area contributed by atoms with Gasteiger partial charge in [0.25, 0.3) is 11.6 Å². The number of aliphatic hydroxyl groups is 7. The molecule has 0 spiro atoms. The van der Waals surface area contributed by atoms with E-state index in [0.29, 0.717) is 0 Å². The maximum Gasteiger partial charge on any atom is 0.262 e. The standard InChI is InChI=1S/C20H38O9/c1-3-4-5-6-7-8-9-10-13(2)12-28-20-18(25,17(24)19(20,26)27)16(23)15(22)14(11-21)29-20/h13-17,21-27H,3-12H2,1-2H3/t13?,14-,15+,16+,17?,18+,20+/m1/s1. The predicted octanol–water partition coefficient (Wildman–Crippen LogP) is -0.625. The minimum atomic E-state index is -3.02. The molecule has 9 nitrogen and oxygen atoms in total. The third-order valence-corrected chi connectivity index (χ3v) is 6.33. The van der Waals surface area contributed by atoms with Crippen molar-refractivity contribution in [2.75, 3.05) is 13.2 Å². The number of hydrogen-bond acceptors (Lipinski definition) is 9. The molecule has 2 rings (SSSR count). The second-order valence-electron chi connectivity index (χ2n) is 8.67. The summed E-state index contributed by atoms with van der Waals surface area (Å²) in [7, 11) is 0. The van der Waals surface area contributed by atoms with Crippen molar-refractivity contribution < 1.29 is 45.2 Å². The van der Waals surface area contributed by atoms with E-state index < -0.39 is 48.2 Å². The summed E-state index contributed by atoms with van der Waals surface area (Å²) in [5, 5.41) is 71.0. The molecule has 0 aromatic rings. The van der Waals surface area contributed by atoms with E-state index in [1.54, 1.807) is 0 Å². The van der Waals surface area contributed by atoms with Crippen molar-refractivity contribution >= 4 is 0 Å². The Morgan fingerprint density at radius 2 is 1.55 bits per heavy atom. The summed E-state index contributed by atoms with van der Waals surface area (Å²) >= 11 is 0. The monoisotopic (exact) mass is 422 g/mol. The molecule has 1 aliphatic heterocycles. The molecule has 0 aromatic heterocycles. The van der Waals surface area contributed by atoms with Crippen LogP contribution in [0.5, 0.6) is 0 Å². The van der Waals surface area contributed by atoms with Gasteiger partial charge in [0.15, 0.2) is 11.7 Å². The topological polar surface area (TPSA) is 160 Å². The van der Waals surface area contributed by atoms with Gasteiger partial charge in [0.1, 0.15) is 18.3 Å². The van der Waals surface area contributed by atoms with Crippen molar-refractivity contribution in [3.63, 3.8) is 0 Å². The highest BCUT2D eigenvalue weighted by molar-refractivity contribution is 5.28. The van der Waals surface area contributed by atoms with Crippen LogP contribution in [0.2, 0.25) is 0 Å². The fraction of sp³-hybridized carbons (Fsp3) is 1.00. The Kier molecular flexibility index (Phi) is 8.45. The van der Waals surface area contributed by atoms with Gasteiger partial charge in [-0.25, -0.2) is 0 Å². The molecule has 2 unspecified atom stereocenters. The number of rotatable bonds is 12. The summed E-state index contributed by atoms with van der Waals surface area (Å²) in [6.45, 7) is 3.29. The first-order chi connectivity index (χ1) is 13.6. The van der Waals surface area contributed by atoms with E-state index in [1.165, 1.54) is 25.7 Å². The highest BCUT2D eigenvalue weighted by Crippen LogP contribution is 2.58. The first kappa shape index (κ1) is 24.9. The van der Waals surface area contributed by atoms with E-state index >= 15 is 0 Å². The predicted molar refractivity (Wildman–Crippen MR) is 103 cm³/mol. The van der Waals surface area contributed by atoms with Crippen LogP contribution in [0.15, 0.2) is 0 Å². The molecule has 2 aliphatic rings. The van der Waals surface area contributed by atoms with Gasteiger partial charge < -0.3 is 45.2 Å². The molecular weight excluding hydrogens is 384 g/mol. The van der Waals surface area contributed by atoms with Crippen LogP contribution < -0.4 is 0 Å². The Hall–Kier alpha value is -0.360. The highest BCUT2D eigenvalue weighted by atomic mass is 16.8. The molecular formula is C20H38O9. The second kappa shape index (κ2) is 9.84. The fourth-order valence-electron chi connectivity index (χ4n) is 4.36. The first-order valence-electron chi connectivity index (χ1n) is 10.7. The van der Waals surface area contributed by atoms with E-state index in [-0.39, 0.29) is 12.5 Å². The Morgan fingerprint density at radius 1 is 0.966 bits per heavy atom. The summed E-state index contributed by atoms with van der Waals surface area (Å²) < 4.78 is 10.9. The van der Waals surface area contributed by atoms with E-state index in [9.17, 15) is 35.7 Å². The molecule has 0 bridgehead atoms. The zero-order chi connectivity index (χ0) is 21.9. The number of unbranched alkanes of at least 4 members (excludes halogenated alkanes) is 6. The summed E-state index contributed by atoms with van der Waals surface area (Å²) in [5.41, 5.74) is -2.65. The van der Waals surface area contributed by atoms with Crippen LogP contribution in [0, 0.1) is 5.92 Å². The second-order valence-corrected chi connectivity index (χ2v) is 8.67. The van der Waals surface area contributed by atoms with Crippen molar-refractivity contribution in [3.8, 4) is 0 Å². The van der Waals surface area contributed by atoms with Crippen LogP contribution in [0.25, 0.3) is 0 Å². The molecule has 0 aromatic carbocycles. The average Bonchev–Trinajstić information content (AvgIpc) is 2.70. The van der Waals surface area contributed by atoms with E-state index in [2.05, 4.69) is 6.92 Å². The third kappa shape index (κ3) is 4.22. The molecule has 29 heavy (non-hydrogen) atoms. The molecule has 1 saturated heterocycles. The maximum atomic E-state index is 10.8. The van der Waals surface area contributed by atoms with Crippen LogP contribution >= 0.6 is 0 Å².